The van der Waals surface area contributed by atoms with Crippen molar-refractivity contribution in [3.63, 3.8) is 0 Å². The molecule has 0 amide bonds. The van der Waals surface area contributed by atoms with Gasteiger partial charge in [-0.15, -0.1) is 0 Å². The van der Waals surface area contributed by atoms with E-state index in [2.05, 4.69) is 10.3 Å². The first kappa shape index (κ1) is 11.1. The molecule has 96 valence electrons. The lowest BCUT2D eigenvalue weighted by atomic mass is 10.1. The lowest BCUT2D eigenvalue weighted by Crippen LogP contribution is -2.41. The van der Waals surface area contributed by atoms with Gasteiger partial charge in [0.1, 0.15) is 11.7 Å². The van der Waals surface area contributed by atoms with E-state index in [4.69, 9.17) is 0 Å². The minimum atomic E-state index is -0.344. The number of carbonyl (C=O) groups is 1. The summed E-state index contributed by atoms with van der Waals surface area (Å²) in [7, 11) is 0. The first-order valence-electron chi connectivity index (χ1n) is 6.50. The predicted molar refractivity (Wildman–Crippen MR) is 75.4 cm³/mol. The number of anilines is 1. The first-order chi connectivity index (χ1) is 9.84. The molecule has 1 aliphatic heterocycles. The molecular formula is C16H12N3O+. The van der Waals surface area contributed by atoms with Crippen molar-refractivity contribution < 1.29 is 9.36 Å². The van der Waals surface area contributed by atoms with E-state index in [1.54, 1.807) is 10.8 Å². The van der Waals surface area contributed by atoms with Gasteiger partial charge in [-0.05, 0) is 12.1 Å². The van der Waals surface area contributed by atoms with Gasteiger partial charge < -0.3 is 0 Å². The van der Waals surface area contributed by atoms with Crippen LogP contribution in [0.15, 0.2) is 60.8 Å². The summed E-state index contributed by atoms with van der Waals surface area (Å²) in [5, 5.41) is 3.24. The first-order valence-corrected chi connectivity index (χ1v) is 6.50. The molecule has 2 heterocycles. The van der Waals surface area contributed by atoms with Gasteiger partial charge in [0, 0.05) is 5.56 Å². The number of carbonyl (C=O) groups excluding carboxylic acids is 1. The molecule has 0 saturated heterocycles. The highest BCUT2D eigenvalue weighted by Gasteiger charge is 2.40. The van der Waals surface area contributed by atoms with Crippen LogP contribution in [-0.2, 0) is 0 Å². The van der Waals surface area contributed by atoms with Crippen molar-refractivity contribution in [3.8, 4) is 0 Å². The lowest BCUT2D eigenvalue weighted by Gasteiger charge is -2.02. The third kappa shape index (κ3) is 1.51. The molecule has 1 atom stereocenters. The predicted octanol–water partition coefficient (Wildman–Crippen LogP) is 2.33. The summed E-state index contributed by atoms with van der Waals surface area (Å²) in [6.07, 6.45) is 1.71. The van der Waals surface area contributed by atoms with Crippen molar-refractivity contribution in [2.45, 2.75) is 6.04 Å². The van der Waals surface area contributed by atoms with Crippen LogP contribution in [0, 0.1) is 0 Å². The number of aromatic nitrogens is 2. The van der Waals surface area contributed by atoms with Crippen LogP contribution in [0.3, 0.4) is 0 Å². The fraction of sp³-hybridized carbons (Fsp3) is 0.0625. The van der Waals surface area contributed by atoms with Crippen molar-refractivity contribution >= 4 is 22.8 Å². The topological polar surface area (TPSA) is 45.9 Å². The Labute approximate surface area is 115 Å². The van der Waals surface area contributed by atoms with Gasteiger partial charge in [0.05, 0.1) is 0 Å². The average molecular weight is 262 g/mol. The Morgan fingerprint density at radius 3 is 2.60 bits per heavy atom. The normalized spacial score (nSPS) is 17.0. The highest BCUT2D eigenvalue weighted by atomic mass is 16.2. The third-order valence-corrected chi connectivity index (χ3v) is 3.58. The molecule has 0 saturated carbocycles. The second kappa shape index (κ2) is 4.13. The van der Waals surface area contributed by atoms with Crippen LogP contribution in [0.1, 0.15) is 16.4 Å². The van der Waals surface area contributed by atoms with Crippen LogP contribution >= 0.6 is 0 Å². The molecule has 0 radical (unpaired) electrons. The van der Waals surface area contributed by atoms with Gasteiger partial charge in [0.15, 0.2) is 5.52 Å². The maximum absolute atomic E-state index is 12.7. The second-order valence-corrected chi connectivity index (χ2v) is 4.79. The van der Waals surface area contributed by atoms with Gasteiger partial charge in [0.25, 0.3) is 0 Å². The van der Waals surface area contributed by atoms with Crippen molar-refractivity contribution in [1.29, 1.82) is 0 Å². The Morgan fingerprint density at radius 1 is 1.00 bits per heavy atom. The number of rotatable bonds is 1. The van der Waals surface area contributed by atoms with E-state index < -0.39 is 0 Å². The van der Waals surface area contributed by atoms with E-state index in [0.29, 0.717) is 0 Å². The number of para-hydroxylation sites is 2. The zero-order valence-electron chi connectivity index (χ0n) is 10.7. The van der Waals surface area contributed by atoms with Crippen LogP contribution < -0.4 is 9.88 Å². The van der Waals surface area contributed by atoms with E-state index in [-0.39, 0.29) is 11.9 Å². The Hall–Kier alpha value is -2.75. The number of nitrogens with zero attached hydrogens (tertiary/aromatic N) is 2. The fourth-order valence-corrected chi connectivity index (χ4v) is 2.63. The molecule has 2 aromatic carbocycles. The Balaban J connectivity index is 1.89. The van der Waals surface area contributed by atoms with Crippen molar-refractivity contribution in [3.05, 3.63) is 66.4 Å². The monoisotopic (exact) mass is 262 g/mol. The van der Waals surface area contributed by atoms with Crippen molar-refractivity contribution in [2.75, 3.05) is 5.32 Å². The van der Waals surface area contributed by atoms with Crippen molar-refractivity contribution in [2.24, 2.45) is 0 Å². The van der Waals surface area contributed by atoms with Crippen LogP contribution in [0.2, 0.25) is 0 Å². The highest BCUT2D eigenvalue weighted by Crippen LogP contribution is 2.24. The van der Waals surface area contributed by atoms with Crippen LogP contribution in [0.25, 0.3) is 11.0 Å². The van der Waals surface area contributed by atoms with E-state index in [1.165, 1.54) is 0 Å². The lowest BCUT2D eigenvalue weighted by molar-refractivity contribution is -0.524. The average Bonchev–Trinajstić information content (AvgIpc) is 2.86. The molecule has 1 aromatic heterocycles. The van der Waals surface area contributed by atoms with Gasteiger partial charge in [0.2, 0.25) is 6.04 Å². The maximum Gasteiger partial charge on any atom is 0.364 e. The van der Waals surface area contributed by atoms with Crippen LogP contribution in [-0.4, -0.2) is 10.9 Å². The molecule has 4 rings (SSSR count). The van der Waals surface area contributed by atoms with Crippen molar-refractivity contribution in [1.82, 2.24) is 4.98 Å². The zero-order chi connectivity index (χ0) is 13.5. The zero-order valence-corrected chi connectivity index (χ0v) is 10.7. The minimum absolute atomic E-state index is 0.0322. The molecule has 3 aromatic rings. The molecule has 4 heteroatoms. The maximum atomic E-state index is 12.7. The van der Waals surface area contributed by atoms with Crippen LogP contribution in [0.5, 0.6) is 0 Å². The number of hydrogen-bond donors (Lipinski definition) is 1. The molecule has 20 heavy (non-hydrogen) atoms. The number of fused-ring (bicyclic) bond motifs is 3. The summed E-state index contributed by atoms with van der Waals surface area (Å²) in [5.41, 5.74) is 2.62. The third-order valence-electron chi connectivity index (χ3n) is 3.58. The molecule has 1 unspecified atom stereocenters. The molecule has 4 nitrogen and oxygen atoms in total. The summed E-state index contributed by atoms with van der Waals surface area (Å²) in [5.74, 6) is 0.771. The summed E-state index contributed by atoms with van der Waals surface area (Å²) in [6.45, 7) is 0. The Morgan fingerprint density at radius 2 is 1.75 bits per heavy atom. The largest absolute Gasteiger partial charge is 0.364 e. The van der Waals surface area contributed by atoms with Gasteiger partial charge in [-0.25, -0.2) is 9.78 Å². The van der Waals surface area contributed by atoms with E-state index in [1.807, 2.05) is 54.6 Å². The number of benzene rings is 2. The smallest absolute Gasteiger partial charge is 0.254 e. The summed E-state index contributed by atoms with van der Waals surface area (Å²) in [6, 6.07) is 17.1. The summed E-state index contributed by atoms with van der Waals surface area (Å²) >= 11 is 0. The molecular weight excluding hydrogens is 250 g/mol. The molecule has 1 N–H and O–H groups in total. The summed E-state index contributed by atoms with van der Waals surface area (Å²) in [4.78, 5) is 17.1. The molecule has 0 fully saturated rings. The van der Waals surface area contributed by atoms with Gasteiger partial charge in [-0.2, -0.15) is 4.57 Å². The van der Waals surface area contributed by atoms with Crippen LogP contribution in [0.4, 0.5) is 5.82 Å². The Bertz CT molecular complexity index is 814. The van der Waals surface area contributed by atoms with E-state index >= 15 is 0 Å². The van der Waals surface area contributed by atoms with Gasteiger partial charge in [-0.3, -0.25) is 5.32 Å². The molecule has 0 spiro atoms. The SMILES string of the molecule is O=C1C(c2ccccc2)Nc2cnc3ccccc3[n+]21. The van der Waals surface area contributed by atoms with Gasteiger partial charge in [-0.1, -0.05) is 42.5 Å². The van der Waals surface area contributed by atoms with E-state index in [9.17, 15) is 4.79 Å². The fourth-order valence-electron chi connectivity index (χ4n) is 2.63. The van der Waals surface area contributed by atoms with Gasteiger partial charge >= 0.3 is 11.7 Å². The Kier molecular flexibility index (Phi) is 2.29. The number of hydrogen-bond acceptors (Lipinski definition) is 3. The second-order valence-electron chi connectivity index (χ2n) is 4.79. The molecule has 0 aliphatic carbocycles. The summed E-state index contributed by atoms with van der Waals surface area (Å²) < 4.78 is 1.71. The highest BCUT2D eigenvalue weighted by molar-refractivity contribution is 5.87. The number of nitrogens with one attached hydrogen (secondary N) is 1. The van der Waals surface area contributed by atoms with E-state index in [0.717, 1.165) is 22.4 Å². The quantitative estimate of drug-likeness (QED) is 0.685. The minimum Gasteiger partial charge on any atom is -0.254 e. The molecule has 0 bridgehead atoms. The molecule has 1 aliphatic rings. The standard InChI is InChI=1S/C16H11N3O/c20-16-15(11-6-2-1-3-7-11)18-14-10-17-12-8-4-5-9-13(12)19(14)16/h1-10,15H/p+1.